The second-order valence-electron chi connectivity index (χ2n) is 7.86. The van der Waals surface area contributed by atoms with E-state index in [0.29, 0.717) is 24.8 Å². The molecule has 1 aliphatic carbocycles. The molecule has 0 unspecified atom stereocenters. The number of amides is 1. The van der Waals surface area contributed by atoms with Gasteiger partial charge in [-0.1, -0.05) is 13.8 Å². The summed E-state index contributed by atoms with van der Waals surface area (Å²) in [6, 6.07) is 3.62. The van der Waals surface area contributed by atoms with Gasteiger partial charge in [0.15, 0.2) is 0 Å². The van der Waals surface area contributed by atoms with Crippen LogP contribution in [-0.4, -0.2) is 58.1 Å². The maximum Gasteiger partial charge on any atom is 0.264 e. The first-order chi connectivity index (χ1) is 12.0. The highest BCUT2D eigenvalue weighted by Gasteiger charge is 2.33. The molecule has 1 N–H and O–H groups in total. The van der Waals surface area contributed by atoms with Crippen LogP contribution in [0.25, 0.3) is 0 Å². The Labute approximate surface area is 149 Å². The van der Waals surface area contributed by atoms with E-state index in [-0.39, 0.29) is 11.5 Å². The molecule has 2 fully saturated rings. The molecule has 0 radical (unpaired) electrons. The quantitative estimate of drug-likeness (QED) is 0.851. The molecule has 6 heteroatoms. The minimum atomic E-state index is -0.210. The van der Waals surface area contributed by atoms with E-state index in [4.69, 9.17) is 0 Å². The molecule has 1 aliphatic heterocycles. The summed E-state index contributed by atoms with van der Waals surface area (Å²) in [5, 5.41) is 6.42. The molecule has 1 aromatic heterocycles. The smallest absolute Gasteiger partial charge is 0.264 e. The summed E-state index contributed by atoms with van der Waals surface area (Å²) >= 11 is 0. The number of aromatic amines is 1. The standard InChI is InChI=1S/C19H30N4O2/c1-14(2)17-13-23(11-3-10-22(17)12-15-4-5-15)19(25)9-7-16-6-8-18(24)21-20-16/h6,8,14-15,17H,3-5,7,9-13H2,1-2H3,(H,21,24)/t17-/m1/s1. The Morgan fingerprint density at radius 1 is 1.32 bits per heavy atom. The molecule has 0 bridgehead atoms. The van der Waals surface area contributed by atoms with Gasteiger partial charge in [0.05, 0.1) is 5.69 Å². The zero-order valence-corrected chi connectivity index (χ0v) is 15.4. The van der Waals surface area contributed by atoms with Crippen LogP contribution in [0.4, 0.5) is 0 Å². The predicted molar refractivity (Wildman–Crippen MR) is 97.3 cm³/mol. The van der Waals surface area contributed by atoms with Crippen LogP contribution in [0.15, 0.2) is 16.9 Å². The average molecular weight is 346 g/mol. The van der Waals surface area contributed by atoms with Gasteiger partial charge in [-0.2, -0.15) is 5.10 Å². The molecule has 1 amide bonds. The van der Waals surface area contributed by atoms with E-state index >= 15 is 0 Å². The minimum Gasteiger partial charge on any atom is -0.341 e. The van der Waals surface area contributed by atoms with Gasteiger partial charge in [-0.25, -0.2) is 5.10 Å². The highest BCUT2D eigenvalue weighted by atomic mass is 16.2. The summed E-state index contributed by atoms with van der Waals surface area (Å²) in [7, 11) is 0. The van der Waals surface area contributed by atoms with Crippen LogP contribution in [0.1, 0.15) is 45.2 Å². The van der Waals surface area contributed by atoms with Crippen LogP contribution in [0.5, 0.6) is 0 Å². The van der Waals surface area contributed by atoms with Crippen molar-refractivity contribution in [1.82, 2.24) is 20.0 Å². The van der Waals surface area contributed by atoms with Crippen molar-refractivity contribution in [2.24, 2.45) is 11.8 Å². The predicted octanol–water partition coefficient (Wildman–Crippen LogP) is 1.67. The highest BCUT2D eigenvalue weighted by Crippen LogP contribution is 2.31. The summed E-state index contributed by atoms with van der Waals surface area (Å²) < 4.78 is 0. The fourth-order valence-corrected chi connectivity index (χ4v) is 3.69. The highest BCUT2D eigenvalue weighted by molar-refractivity contribution is 5.76. The fourth-order valence-electron chi connectivity index (χ4n) is 3.69. The summed E-state index contributed by atoms with van der Waals surface area (Å²) in [4.78, 5) is 28.4. The first-order valence-electron chi connectivity index (χ1n) is 9.59. The third-order valence-corrected chi connectivity index (χ3v) is 5.39. The Kier molecular flexibility index (Phi) is 5.89. The Morgan fingerprint density at radius 3 is 2.76 bits per heavy atom. The molecular weight excluding hydrogens is 316 g/mol. The number of H-pyrrole nitrogens is 1. The van der Waals surface area contributed by atoms with Gasteiger partial charge in [0, 0.05) is 51.1 Å². The van der Waals surface area contributed by atoms with Gasteiger partial charge in [-0.05, 0) is 37.2 Å². The molecule has 1 saturated heterocycles. The largest absolute Gasteiger partial charge is 0.341 e. The van der Waals surface area contributed by atoms with E-state index in [1.807, 2.05) is 4.90 Å². The van der Waals surface area contributed by atoms with Gasteiger partial charge >= 0.3 is 0 Å². The summed E-state index contributed by atoms with van der Waals surface area (Å²) in [6.45, 7) is 8.52. The fraction of sp³-hybridized carbons (Fsp3) is 0.737. The number of carbonyl (C=O) groups excluding carboxylic acids is 1. The normalized spacial score (nSPS) is 22.2. The van der Waals surface area contributed by atoms with E-state index in [1.165, 1.54) is 25.5 Å². The molecule has 138 valence electrons. The molecule has 1 atom stereocenters. The third-order valence-electron chi connectivity index (χ3n) is 5.39. The molecular formula is C19H30N4O2. The van der Waals surface area contributed by atoms with Crippen LogP contribution in [-0.2, 0) is 11.2 Å². The van der Waals surface area contributed by atoms with Crippen molar-refractivity contribution >= 4 is 5.91 Å². The Balaban J connectivity index is 1.57. The molecule has 6 nitrogen and oxygen atoms in total. The number of aromatic nitrogens is 2. The number of nitrogens with zero attached hydrogens (tertiary/aromatic N) is 3. The van der Waals surface area contributed by atoms with Gasteiger partial charge in [0.1, 0.15) is 0 Å². The van der Waals surface area contributed by atoms with Gasteiger partial charge in [-0.3, -0.25) is 14.5 Å². The third kappa shape index (κ3) is 5.14. The monoisotopic (exact) mass is 346 g/mol. The molecule has 25 heavy (non-hydrogen) atoms. The zero-order valence-electron chi connectivity index (χ0n) is 15.4. The first-order valence-corrected chi connectivity index (χ1v) is 9.59. The molecule has 2 heterocycles. The van der Waals surface area contributed by atoms with Crippen molar-refractivity contribution in [2.45, 2.75) is 52.0 Å². The van der Waals surface area contributed by atoms with E-state index in [9.17, 15) is 9.59 Å². The Morgan fingerprint density at radius 2 is 2.12 bits per heavy atom. The summed E-state index contributed by atoms with van der Waals surface area (Å²) in [6.07, 6.45) is 4.82. The van der Waals surface area contributed by atoms with E-state index in [2.05, 4.69) is 28.9 Å². The average Bonchev–Trinajstić information content (AvgIpc) is 3.41. The number of nitrogens with one attached hydrogen (secondary N) is 1. The Bertz CT molecular complexity index is 618. The number of hydrogen-bond acceptors (Lipinski definition) is 4. The molecule has 3 rings (SSSR count). The lowest BCUT2D eigenvalue weighted by Gasteiger charge is -2.34. The van der Waals surface area contributed by atoms with E-state index in [0.717, 1.165) is 37.7 Å². The summed E-state index contributed by atoms with van der Waals surface area (Å²) in [5.74, 6) is 1.63. The second-order valence-corrected chi connectivity index (χ2v) is 7.86. The second kappa shape index (κ2) is 8.13. The molecule has 2 aliphatic rings. The SMILES string of the molecule is CC(C)[C@H]1CN(C(=O)CCc2ccc(=O)[nH]n2)CCCN1CC1CC1. The molecule has 0 aromatic carbocycles. The molecule has 1 saturated carbocycles. The van der Waals surface area contributed by atoms with Crippen LogP contribution in [0.2, 0.25) is 0 Å². The zero-order chi connectivity index (χ0) is 17.8. The number of hydrogen-bond donors (Lipinski definition) is 1. The minimum absolute atomic E-state index is 0.201. The lowest BCUT2D eigenvalue weighted by atomic mass is 10.0. The van der Waals surface area contributed by atoms with Crippen molar-refractivity contribution in [3.8, 4) is 0 Å². The Hall–Kier alpha value is -1.69. The number of rotatable bonds is 6. The molecule has 0 spiro atoms. The van der Waals surface area contributed by atoms with E-state index in [1.54, 1.807) is 6.07 Å². The van der Waals surface area contributed by atoms with Crippen LogP contribution >= 0.6 is 0 Å². The van der Waals surface area contributed by atoms with Crippen molar-refractivity contribution in [2.75, 3.05) is 26.2 Å². The van der Waals surface area contributed by atoms with Crippen molar-refractivity contribution in [1.29, 1.82) is 0 Å². The van der Waals surface area contributed by atoms with Crippen LogP contribution in [0.3, 0.4) is 0 Å². The maximum absolute atomic E-state index is 12.7. The summed E-state index contributed by atoms with van der Waals surface area (Å²) in [5.41, 5.74) is 0.552. The molecule has 1 aromatic rings. The van der Waals surface area contributed by atoms with Crippen molar-refractivity contribution < 1.29 is 4.79 Å². The lowest BCUT2D eigenvalue weighted by molar-refractivity contribution is -0.131. The van der Waals surface area contributed by atoms with Gasteiger partial charge in [0.2, 0.25) is 5.91 Å². The van der Waals surface area contributed by atoms with Gasteiger partial charge in [0.25, 0.3) is 5.56 Å². The first kappa shape index (κ1) is 18.1. The van der Waals surface area contributed by atoms with Crippen molar-refractivity contribution in [3.63, 3.8) is 0 Å². The van der Waals surface area contributed by atoms with Gasteiger partial charge < -0.3 is 4.90 Å². The number of carbonyl (C=O) groups is 1. The topological polar surface area (TPSA) is 69.3 Å². The van der Waals surface area contributed by atoms with Crippen LogP contribution < -0.4 is 5.56 Å². The maximum atomic E-state index is 12.7. The lowest BCUT2D eigenvalue weighted by Crippen LogP contribution is -2.46. The van der Waals surface area contributed by atoms with Crippen molar-refractivity contribution in [3.05, 3.63) is 28.2 Å². The van der Waals surface area contributed by atoms with Crippen LogP contribution in [0, 0.1) is 11.8 Å². The van der Waals surface area contributed by atoms with Gasteiger partial charge in [-0.15, -0.1) is 0 Å². The van der Waals surface area contributed by atoms with E-state index < -0.39 is 0 Å². The number of aryl methyl sites for hydroxylation is 1.